The van der Waals surface area contributed by atoms with Crippen LogP contribution in [0.3, 0.4) is 0 Å². The van der Waals surface area contributed by atoms with Crippen LogP contribution in [0.2, 0.25) is 0 Å². The average Bonchev–Trinajstić information content (AvgIpc) is 3.86. The second kappa shape index (κ2) is 29.7. The van der Waals surface area contributed by atoms with Gasteiger partial charge in [0.05, 0.1) is 25.4 Å². The molecular weight excluding hydrogens is 791 g/mol. The maximum atomic E-state index is 12.7. The number of ether oxygens (including phenoxy) is 2. The highest BCUT2D eigenvalue weighted by Crippen LogP contribution is 2.57. The van der Waals surface area contributed by atoms with Crippen LogP contribution in [0.5, 0.6) is 0 Å². The molecule has 0 amide bonds. The third-order valence-electron chi connectivity index (χ3n) is 18.0. The molecule has 2 aliphatic heterocycles. The number of alkyl halides is 2. The van der Waals surface area contributed by atoms with E-state index in [0.717, 1.165) is 89.8 Å². The highest BCUT2D eigenvalue weighted by molar-refractivity contribution is 4.97. The van der Waals surface area contributed by atoms with E-state index in [1.54, 1.807) is 27.7 Å². The fourth-order valence-corrected chi connectivity index (χ4v) is 10.2. The van der Waals surface area contributed by atoms with Crippen molar-refractivity contribution >= 4 is 0 Å². The molecule has 2 aliphatic carbocycles. The lowest BCUT2D eigenvalue weighted by atomic mass is 9.56. The first-order chi connectivity index (χ1) is 28.8. The first-order valence-corrected chi connectivity index (χ1v) is 27.4. The Morgan fingerprint density at radius 2 is 0.672 bits per heavy atom. The molecule has 0 atom stereocenters. The van der Waals surface area contributed by atoms with E-state index in [9.17, 15) is 8.78 Å². The van der Waals surface area contributed by atoms with Crippen LogP contribution in [0.15, 0.2) is 0 Å². The Kier molecular flexibility index (Phi) is 31.6. The molecule has 2 heterocycles. The summed E-state index contributed by atoms with van der Waals surface area (Å²) in [5.74, 6) is 6.19. The second-order valence-corrected chi connectivity index (χ2v) is 26.5. The van der Waals surface area contributed by atoms with E-state index < -0.39 is 17.8 Å². The minimum absolute atomic E-state index is 0.222. The Morgan fingerprint density at radius 1 is 0.391 bits per heavy atom. The second-order valence-electron chi connectivity index (χ2n) is 26.5. The zero-order valence-corrected chi connectivity index (χ0v) is 49.7. The summed E-state index contributed by atoms with van der Waals surface area (Å²) in [6, 6.07) is 0. The van der Waals surface area contributed by atoms with Gasteiger partial charge in [-0.15, -0.1) is 0 Å². The molecule has 0 radical (unpaired) electrons. The molecule has 0 spiro atoms. The van der Waals surface area contributed by atoms with Crippen molar-refractivity contribution in [2.45, 2.75) is 264 Å². The lowest BCUT2D eigenvalue weighted by Crippen LogP contribution is -2.52. The number of hydrogen-bond acceptors (Lipinski definition) is 2. The van der Waals surface area contributed by atoms with Gasteiger partial charge in [-0.25, -0.2) is 8.78 Å². The van der Waals surface area contributed by atoms with Gasteiger partial charge in [0.15, 0.2) is 0 Å². The van der Waals surface area contributed by atoms with Crippen LogP contribution >= 0.6 is 0 Å². The molecule has 0 bridgehead atoms. The maximum Gasteiger partial charge on any atom is 0.252 e. The third kappa shape index (κ3) is 20.8. The van der Waals surface area contributed by atoms with Crippen molar-refractivity contribution in [3.05, 3.63) is 0 Å². The molecular formula is C60H124F2O2. The Morgan fingerprint density at radius 3 is 0.672 bits per heavy atom. The highest BCUT2D eigenvalue weighted by atomic mass is 19.3. The molecule has 2 nitrogen and oxygen atoms in total. The van der Waals surface area contributed by atoms with Gasteiger partial charge in [-0.2, -0.15) is 0 Å². The van der Waals surface area contributed by atoms with Gasteiger partial charge < -0.3 is 9.47 Å². The highest BCUT2D eigenvalue weighted by Gasteiger charge is 2.48. The predicted molar refractivity (Wildman–Crippen MR) is 286 cm³/mol. The smallest absolute Gasteiger partial charge is 0.252 e. The van der Waals surface area contributed by atoms with Crippen molar-refractivity contribution in [3.63, 3.8) is 0 Å². The fraction of sp³-hybridized carbons (Fsp3) is 1.00. The molecule has 4 aliphatic rings. The van der Waals surface area contributed by atoms with Crippen molar-refractivity contribution in [1.82, 2.24) is 0 Å². The Bertz CT molecular complexity index is 954. The molecule has 390 valence electrons. The summed E-state index contributed by atoms with van der Waals surface area (Å²) in [4.78, 5) is 0. The largest absolute Gasteiger partial charge is 0.380 e. The van der Waals surface area contributed by atoms with E-state index >= 15 is 0 Å². The zero-order chi connectivity index (χ0) is 51.6. The van der Waals surface area contributed by atoms with E-state index in [1.807, 2.05) is 0 Å². The summed E-state index contributed by atoms with van der Waals surface area (Å²) >= 11 is 0. The molecule has 4 fully saturated rings. The van der Waals surface area contributed by atoms with E-state index in [4.69, 9.17) is 9.47 Å². The lowest BCUT2D eigenvalue weighted by Gasteiger charge is -2.49. The third-order valence-corrected chi connectivity index (χ3v) is 18.0. The van der Waals surface area contributed by atoms with E-state index in [-0.39, 0.29) is 5.60 Å². The SMILES string of the molecule is CC(C)C(C)(C)C(C)C.CC(C)C(F)(F)C(C)C.CC(C)C1(C(C)C)CC1.CC(C)C1(C(C)C)CCC1.CC(C)C1(C(C)C)CCO1.CC(C)C1(C(C)C)COC1.CC(C)CC(C)C. The summed E-state index contributed by atoms with van der Waals surface area (Å²) in [5, 5.41) is 0. The van der Waals surface area contributed by atoms with Gasteiger partial charge >= 0.3 is 0 Å². The van der Waals surface area contributed by atoms with Gasteiger partial charge in [0, 0.05) is 23.7 Å². The molecule has 0 aromatic carbocycles. The Labute approximate surface area is 405 Å². The molecule has 4 rings (SSSR count). The van der Waals surface area contributed by atoms with Gasteiger partial charge in [0.2, 0.25) is 0 Å². The van der Waals surface area contributed by atoms with Crippen molar-refractivity contribution in [2.24, 2.45) is 105 Å². The van der Waals surface area contributed by atoms with Gasteiger partial charge in [0.1, 0.15) is 0 Å². The zero-order valence-electron chi connectivity index (χ0n) is 49.7. The maximum absolute atomic E-state index is 12.7. The first kappa shape index (κ1) is 68.0. The normalized spacial score (nSPS) is 19.2. The van der Waals surface area contributed by atoms with Crippen molar-refractivity contribution < 1.29 is 18.3 Å². The quantitative estimate of drug-likeness (QED) is 0.173. The van der Waals surface area contributed by atoms with Gasteiger partial charge in [0.25, 0.3) is 5.92 Å². The Balaban J connectivity index is -0.000000680. The predicted octanol–water partition coefficient (Wildman–Crippen LogP) is 20.3. The van der Waals surface area contributed by atoms with Crippen molar-refractivity contribution in [1.29, 1.82) is 0 Å². The van der Waals surface area contributed by atoms with Crippen LogP contribution in [0, 0.1) is 105 Å². The van der Waals surface area contributed by atoms with Crippen molar-refractivity contribution in [3.8, 4) is 0 Å². The van der Waals surface area contributed by atoms with Gasteiger partial charge in [-0.05, 0) is 119 Å². The van der Waals surface area contributed by atoms with Gasteiger partial charge in [-0.1, -0.05) is 214 Å². The van der Waals surface area contributed by atoms with Crippen LogP contribution in [-0.2, 0) is 9.47 Å². The molecule has 2 saturated heterocycles. The van der Waals surface area contributed by atoms with Crippen molar-refractivity contribution in [2.75, 3.05) is 19.8 Å². The number of hydrogen-bond donors (Lipinski definition) is 0. The number of rotatable bonds is 14. The monoisotopic (exact) mass is 915 g/mol. The molecule has 0 unspecified atom stereocenters. The van der Waals surface area contributed by atoms with Crippen LogP contribution in [0.25, 0.3) is 0 Å². The Hall–Kier alpha value is -0.220. The lowest BCUT2D eigenvalue weighted by molar-refractivity contribution is -0.200. The standard InChI is InChI=1S/C10H20.2C9H18O.C9H18.C9H20.C7H14F2.C7H16/c1-8(2)10(9(3)4)6-5-7-10;1-7(2)9(8(3)4)5-10-6-9;1-7(2)9(8(3)4)5-6-10-9;1-7(2)9(5-6-9)8(3)4;1-7(2)9(5,6)8(3)4;1-5(2)7(8,9)6(3)4;1-6(2)5-7(3)4/h8-9H,5-7H2,1-4H3;2*7-8H,5-6H2,1-4H3;7-8H,5-6H2,1-4H3;7-8H,1-6H3;5-6H,1-4H3;6-7H,5H2,1-4H3. The minimum Gasteiger partial charge on any atom is -0.380 e. The van der Waals surface area contributed by atoms with Crippen LogP contribution in [0.1, 0.15) is 253 Å². The number of halogens is 2. The van der Waals surface area contributed by atoms with E-state index in [2.05, 4.69) is 180 Å². The van der Waals surface area contributed by atoms with Gasteiger partial charge in [-0.3, -0.25) is 0 Å². The minimum atomic E-state index is -2.50. The summed E-state index contributed by atoms with van der Waals surface area (Å²) in [7, 11) is 0. The summed E-state index contributed by atoms with van der Waals surface area (Å²) < 4.78 is 36.2. The molecule has 0 aromatic heterocycles. The van der Waals surface area contributed by atoms with Crippen LogP contribution in [0.4, 0.5) is 8.78 Å². The summed E-state index contributed by atoms with van der Waals surface area (Å²) in [6.07, 6.45) is 9.98. The van der Waals surface area contributed by atoms with Crippen LogP contribution < -0.4 is 0 Å². The summed E-state index contributed by atoms with van der Waals surface area (Å²) in [6.45, 7) is 69.1. The van der Waals surface area contributed by atoms with E-state index in [0.29, 0.717) is 22.7 Å². The topological polar surface area (TPSA) is 18.5 Å². The van der Waals surface area contributed by atoms with Crippen LogP contribution in [-0.4, -0.2) is 31.3 Å². The fourth-order valence-electron chi connectivity index (χ4n) is 10.2. The first-order valence-electron chi connectivity index (χ1n) is 27.4. The molecule has 0 aromatic rings. The van der Waals surface area contributed by atoms with E-state index in [1.165, 1.54) is 44.9 Å². The molecule has 2 saturated carbocycles. The average molecular weight is 916 g/mol. The summed E-state index contributed by atoms with van der Waals surface area (Å²) in [5.41, 5.74) is 2.69. The molecule has 64 heavy (non-hydrogen) atoms. The molecule has 4 heteroatoms. The molecule has 0 N–H and O–H groups in total.